The molecule has 4 rings (SSSR count). The lowest BCUT2D eigenvalue weighted by Gasteiger charge is -2.34. The molecule has 140 valence electrons. The van der Waals surface area contributed by atoms with Crippen LogP contribution in [0.25, 0.3) is 11.0 Å². The van der Waals surface area contributed by atoms with Crippen LogP contribution >= 0.6 is 0 Å². The maximum atomic E-state index is 12.9. The van der Waals surface area contributed by atoms with Crippen molar-refractivity contribution in [1.29, 1.82) is 0 Å². The van der Waals surface area contributed by atoms with Gasteiger partial charge in [0.2, 0.25) is 0 Å². The number of ether oxygens (including phenoxy) is 1. The van der Waals surface area contributed by atoms with Crippen LogP contribution in [0.2, 0.25) is 0 Å². The quantitative estimate of drug-likeness (QED) is 0.751. The van der Waals surface area contributed by atoms with Gasteiger partial charge in [0.15, 0.2) is 6.61 Å². The number of aromatic nitrogens is 2. The lowest BCUT2D eigenvalue weighted by atomic mass is 10.3. The number of carbonyl (C=O) groups excluding carboxylic acids is 1. The van der Waals surface area contributed by atoms with Gasteiger partial charge in [0, 0.05) is 26.2 Å². The number of carbonyl (C=O) groups is 1. The van der Waals surface area contributed by atoms with Crippen molar-refractivity contribution in [3.8, 4) is 5.75 Å². The van der Waals surface area contributed by atoms with Crippen molar-refractivity contribution in [3.05, 3.63) is 60.2 Å². The van der Waals surface area contributed by atoms with E-state index >= 15 is 0 Å². The Morgan fingerprint density at radius 1 is 1.07 bits per heavy atom. The number of hydrogen-bond acceptors (Lipinski definition) is 4. The van der Waals surface area contributed by atoms with E-state index in [1.165, 1.54) is 24.3 Å². The van der Waals surface area contributed by atoms with Crippen molar-refractivity contribution < 1.29 is 13.9 Å². The van der Waals surface area contributed by atoms with Crippen LogP contribution in [0.3, 0.4) is 0 Å². The number of aromatic amines is 1. The normalized spacial score (nSPS) is 15.2. The molecule has 2 aromatic carbocycles. The van der Waals surface area contributed by atoms with Gasteiger partial charge < -0.3 is 14.6 Å². The van der Waals surface area contributed by atoms with Gasteiger partial charge >= 0.3 is 0 Å². The van der Waals surface area contributed by atoms with Crippen LogP contribution < -0.4 is 4.74 Å². The summed E-state index contributed by atoms with van der Waals surface area (Å²) in [5.41, 5.74) is 2.01. The van der Waals surface area contributed by atoms with Gasteiger partial charge in [0.05, 0.1) is 17.6 Å². The van der Waals surface area contributed by atoms with Gasteiger partial charge in [-0.2, -0.15) is 0 Å². The number of nitrogens with zero attached hydrogens (tertiary/aromatic N) is 3. The number of fused-ring (bicyclic) bond motifs is 1. The van der Waals surface area contributed by atoms with E-state index in [9.17, 15) is 9.18 Å². The lowest BCUT2D eigenvalue weighted by Crippen LogP contribution is -2.49. The molecular weight excluding hydrogens is 347 g/mol. The average Bonchev–Trinajstić information content (AvgIpc) is 3.10. The van der Waals surface area contributed by atoms with E-state index in [1.807, 2.05) is 24.3 Å². The van der Waals surface area contributed by atoms with Crippen LogP contribution in [0.4, 0.5) is 4.39 Å². The Labute approximate surface area is 156 Å². The first-order chi connectivity index (χ1) is 13.2. The van der Waals surface area contributed by atoms with E-state index in [4.69, 9.17) is 4.74 Å². The minimum absolute atomic E-state index is 0.0325. The molecule has 0 bridgehead atoms. The molecule has 7 heteroatoms. The third-order valence-corrected chi connectivity index (χ3v) is 4.71. The highest BCUT2D eigenvalue weighted by Gasteiger charge is 2.22. The summed E-state index contributed by atoms with van der Waals surface area (Å²) in [5.74, 6) is 1.06. The Hall–Kier alpha value is -2.93. The van der Waals surface area contributed by atoms with Crippen LogP contribution in [0.5, 0.6) is 5.75 Å². The molecule has 27 heavy (non-hydrogen) atoms. The summed E-state index contributed by atoms with van der Waals surface area (Å²) < 4.78 is 18.3. The second kappa shape index (κ2) is 7.75. The summed E-state index contributed by atoms with van der Waals surface area (Å²) in [5, 5.41) is 0. The highest BCUT2D eigenvalue weighted by molar-refractivity contribution is 5.78. The number of nitrogens with one attached hydrogen (secondary N) is 1. The smallest absolute Gasteiger partial charge is 0.260 e. The number of halogens is 1. The van der Waals surface area contributed by atoms with Gasteiger partial charge in [0.1, 0.15) is 17.4 Å². The molecule has 1 fully saturated rings. The first kappa shape index (κ1) is 17.5. The molecule has 0 unspecified atom stereocenters. The summed E-state index contributed by atoms with van der Waals surface area (Å²) in [7, 11) is 0. The zero-order valence-corrected chi connectivity index (χ0v) is 14.9. The molecule has 2 heterocycles. The Balaban J connectivity index is 1.25. The van der Waals surface area contributed by atoms with Gasteiger partial charge in [-0.15, -0.1) is 0 Å². The Bertz CT molecular complexity index is 884. The number of hydrogen-bond donors (Lipinski definition) is 1. The number of piperazine rings is 1. The van der Waals surface area contributed by atoms with E-state index in [1.54, 1.807) is 4.90 Å². The summed E-state index contributed by atoms with van der Waals surface area (Å²) in [6.45, 7) is 3.61. The summed E-state index contributed by atoms with van der Waals surface area (Å²) >= 11 is 0. The molecule has 6 nitrogen and oxygen atoms in total. The summed E-state index contributed by atoms with van der Waals surface area (Å²) in [6.07, 6.45) is 0. The van der Waals surface area contributed by atoms with Crippen molar-refractivity contribution >= 4 is 16.9 Å². The highest BCUT2D eigenvalue weighted by Crippen LogP contribution is 2.14. The zero-order valence-electron chi connectivity index (χ0n) is 14.9. The number of rotatable bonds is 5. The fourth-order valence-electron chi connectivity index (χ4n) is 3.21. The van der Waals surface area contributed by atoms with Crippen LogP contribution in [0.1, 0.15) is 5.82 Å². The van der Waals surface area contributed by atoms with Crippen molar-refractivity contribution in [3.63, 3.8) is 0 Å². The predicted molar refractivity (Wildman–Crippen MR) is 99.8 cm³/mol. The molecule has 1 saturated heterocycles. The van der Waals surface area contributed by atoms with E-state index in [0.717, 1.165) is 36.5 Å². The van der Waals surface area contributed by atoms with Gasteiger partial charge in [-0.05, 0) is 36.4 Å². The maximum Gasteiger partial charge on any atom is 0.260 e. The highest BCUT2D eigenvalue weighted by atomic mass is 19.1. The fraction of sp³-hybridized carbons (Fsp3) is 0.300. The molecule has 0 saturated carbocycles. The molecule has 0 atom stereocenters. The molecule has 1 aliphatic rings. The van der Waals surface area contributed by atoms with Gasteiger partial charge in [0.25, 0.3) is 5.91 Å². The summed E-state index contributed by atoms with van der Waals surface area (Å²) in [4.78, 5) is 24.3. The Morgan fingerprint density at radius 3 is 2.56 bits per heavy atom. The standard InChI is InChI=1S/C20H21FN4O2/c21-15-5-7-16(8-6-15)27-14-20(26)25-11-9-24(10-12-25)13-19-22-17-3-1-2-4-18(17)23-19/h1-8H,9-14H2,(H,22,23). The van der Waals surface area contributed by atoms with E-state index in [-0.39, 0.29) is 18.3 Å². The topological polar surface area (TPSA) is 61.5 Å². The largest absolute Gasteiger partial charge is 0.484 e. The third kappa shape index (κ3) is 4.25. The number of H-pyrrole nitrogens is 1. The van der Waals surface area contributed by atoms with Crippen molar-refractivity contribution in [2.75, 3.05) is 32.8 Å². The van der Waals surface area contributed by atoms with Crippen molar-refractivity contribution in [1.82, 2.24) is 19.8 Å². The van der Waals surface area contributed by atoms with E-state index < -0.39 is 0 Å². The molecule has 3 aromatic rings. The monoisotopic (exact) mass is 368 g/mol. The molecule has 0 radical (unpaired) electrons. The molecule has 0 spiro atoms. The van der Waals surface area contributed by atoms with E-state index in [0.29, 0.717) is 18.8 Å². The number of imidazole rings is 1. The predicted octanol–water partition coefficient (Wildman–Crippen LogP) is 2.43. The second-order valence-corrected chi connectivity index (χ2v) is 6.60. The van der Waals surface area contributed by atoms with E-state index in [2.05, 4.69) is 14.9 Å². The molecule has 1 N–H and O–H groups in total. The van der Waals surface area contributed by atoms with Crippen molar-refractivity contribution in [2.45, 2.75) is 6.54 Å². The first-order valence-corrected chi connectivity index (χ1v) is 8.99. The molecule has 1 amide bonds. The van der Waals surface area contributed by atoms with Crippen LogP contribution in [0, 0.1) is 5.82 Å². The molecule has 1 aliphatic heterocycles. The zero-order chi connectivity index (χ0) is 18.6. The minimum Gasteiger partial charge on any atom is -0.484 e. The molecule has 1 aromatic heterocycles. The number of para-hydroxylation sites is 2. The van der Waals surface area contributed by atoms with Gasteiger partial charge in [-0.3, -0.25) is 9.69 Å². The second-order valence-electron chi connectivity index (χ2n) is 6.60. The first-order valence-electron chi connectivity index (χ1n) is 8.99. The lowest BCUT2D eigenvalue weighted by molar-refractivity contribution is -0.135. The molecule has 0 aliphatic carbocycles. The minimum atomic E-state index is -0.325. The fourth-order valence-corrected chi connectivity index (χ4v) is 3.21. The Kier molecular flexibility index (Phi) is 5.02. The summed E-state index contributed by atoms with van der Waals surface area (Å²) in [6, 6.07) is 13.7. The van der Waals surface area contributed by atoms with Crippen molar-refractivity contribution in [2.24, 2.45) is 0 Å². The van der Waals surface area contributed by atoms with Gasteiger partial charge in [-0.1, -0.05) is 12.1 Å². The van der Waals surface area contributed by atoms with Gasteiger partial charge in [-0.25, -0.2) is 9.37 Å². The van der Waals surface area contributed by atoms with Crippen LogP contribution in [-0.4, -0.2) is 58.5 Å². The third-order valence-electron chi connectivity index (χ3n) is 4.71. The van der Waals surface area contributed by atoms with Crippen LogP contribution in [0.15, 0.2) is 48.5 Å². The average molecular weight is 368 g/mol. The van der Waals surface area contributed by atoms with Crippen LogP contribution in [-0.2, 0) is 11.3 Å². The Morgan fingerprint density at radius 2 is 1.81 bits per heavy atom. The maximum absolute atomic E-state index is 12.9. The number of benzene rings is 2. The SMILES string of the molecule is O=C(COc1ccc(F)cc1)N1CCN(Cc2nc3ccccc3[nH]2)CC1. The molecular formula is C20H21FN4O2. The number of amides is 1.